The lowest BCUT2D eigenvalue weighted by molar-refractivity contribution is -0.0541. The molecule has 1 heterocycles. The fraction of sp³-hybridized carbons (Fsp3) is 0.786. The molecule has 1 fully saturated rings. The first-order chi connectivity index (χ1) is 8.95. The summed E-state index contributed by atoms with van der Waals surface area (Å²) in [5.41, 5.74) is -0.0127. The molecule has 19 heavy (non-hydrogen) atoms. The molecule has 1 aliphatic rings. The van der Waals surface area contributed by atoms with Crippen LogP contribution in [0.4, 0.5) is 0 Å². The van der Waals surface area contributed by atoms with Crippen LogP contribution in [0.2, 0.25) is 5.02 Å². The molecule has 2 atom stereocenters. The second-order valence-electron chi connectivity index (χ2n) is 5.94. The average molecular weight is 286 g/mol. The summed E-state index contributed by atoms with van der Waals surface area (Å²) in [5, 5.41) is 16.0. The Morgan fingerprint density at radius 3 is 2.89 bits per heavy atom. The highest BCUT2D eigenvalue weighted by Crippen LogP contribution is 2.43. The van der Waals surface area contributed by atoms with E-state index in [1.165, 1.54) is 6.42 Å². The number of halogens is 1. The number of hydrogen-bond donors (Lipinski definition) is 1. The van der Waals surface area contributed by atoms with Gasteiger partial charge in [-0.2, -0.15) is 5.10 Å². The van der Waals surface area contributed by atoms with E-state index in [1.54, 1.807) is 6.20 Å². The van der Waals surface area contributed by atoms with Crippen molar-refractivity contribution in [3.05, 3.63) is 16.9 Å². The lowest BCUT2D eigenvalue weighted by Gasteiger charge is -2.38. The number of aromatic nitrogens is 2. The number of likely N-dealkylation sites (N-methyl/N-ethyl adjacent to an activating group) is 1. The van der Waals surface area contributed by atoms with Gasteiger partial charge in [-0.1, -0.05) is 31.4 Å². The number of nitrogens with zero attached hydrogens (tertiary/aromatic N) is 3. The van der Waals surface area contributed by atoms with Crippen LogP contribution in [-0.2, 0) is 12.1 Å². The van der Waals surface area contributed by atoms with Crippen molar-refractivity contribution in [2.75, 3.05) is 20.6 Å². The number of rotatable bonds is 4. The van der Waals surface area contributed by atoms with Gasteiger partial charge >= 0.3 is 0 Å². The fourth-order valence-corrected chi connectivity index (χ4v) is 3.24. The van der Waals surface area contributed by atoms with Crippen LogP contribution in [0, 0.1) is 5.92 Å². The minimum Gasteiger partial charge on any atom is -0.383 e. The molecule has 0 spiro atoms. The Morgan fingerprint density at radius 1 is 1.53 bits per heavy atom. The maximum absolute atomic E-state index is 11.1. The second kappa shape index (κ2) is 5.81. The van der Waals surface area contributed by atoms with E-state index in [-0.39, 0.29) is 5.92 Å². The van der Waals surface area contributed by atoms with Crippen LogP contribution < -0.4 is 0 Å². The first-order valence-corrected chi connectivity index (χ1v) is 7.42. The van der Waals surface area contributed by atoms with E-state index >= 15 is 0 Å². The molecule has 108 valence electrons. The van der Waals surface area contributed by atoms with Crippen molar-refractivity contribution >= 4 is 11.6 Å². The highest BCUT2D eigenvalue weighted by atomic mass is 35.5. The zero-order valence-corrected chi connectivity index (χ0v) is 12.8. The van der Waals surface area contributed by atoms with E-state index in [0.717, 1.165) is 38.0 Å². The summed E-state index contributed by atoms with van der Waals surface area (Å²) >= 11 is 6.29. The summed E-state index contributed by atoms with van der Waals surface area (Å²) in [4.78, 5) is 2.10. The summed E-state index contributed by atoms with van der Waals surface area (Å²) in [6.07, 6.45) is 5.72. The molecule has 0 bridgehead atoms. The minimum atomic E-state index is -0.821. The zero-order valence-electron chi connectivity index (χ0n) is 12.1. The summed E-state index contributed by atoms with van der Waals surface area (Å²) < 4.78 is 1.88. The fourth-order valence-electron chi connectivity index (χ4n) is 2.94. The quantitative estimate of drug-likeness (QED) is 0.924. The van der Waals surface area contributed by atoms with Gasteiger partial charge in [0.25, 0.3) is 0 Å². The first kappa shape index (κ1) is 14.8. The van der Waals surface area contributed by atoms with Crippen LogP contribution in [0.3, 0.4) is 0 Å². The van der Waals surface area contributed by atoms with Crippen LogP contribution in [0.1, 0.15) is 38.3 Å². The molecule has 2 rings (SSSR count). The molecule has 0 amide bonds. The molecule has 0 radical (unpaired) electrons. The lowest BCUT2D eigenvalue weighted by atomic mass is 9.74. The predicted octanol–water partition coefficient (Wildman–Crippen LogP) is 2.50. The molecule has 1 saturated carbocycles. The Labute approximate surface area is 120 Å². The monoisotopic (exact) mass is 285 g/mol. The van der Waals surface area contributed by atoms with Crippen LogP contribution in [-0.4, -0.2) is 40.4 Å². The van der Waals surface area contributed by atoms with Crippen LogP contribution >= 0.6 is 11.6 Å². The normalized spacial score (nSPS) is 28.0. The minimum absolute atomic E-state index is 0.230. The van der Waals surface area contributed by atoms with Crippen LogP contribution in [0.15, 0.2) is 6.20 Å². The van der Waals surface area contributed by atoms with Gasteiger partial charge in [-0.25, -0.2) is 0 Å². The number of aliphatic hydroxyl groups is 1. The SMILES string of the molecule is CC1CCCCC1(O)c1c(Cl)cnn1CCN(C)C. The van der Waals surface area contributed by atoms with Crippen molar-refractivity contribution in [1.29, 1.82) is 0 Å². The maximum atomic E-state index is 11.1. The van der Waals surface area contributed by atoms with Gasteiger partial charge in [0.15, 0.2) is 0 Å². The van der Waals surface area contributed by atoms with Crippen molar-refractivity contribution in [2.45, 2.75) is 44.8 Å². The molecule has 5 heteroatoms. The molecule has 1 aromatic rings. The van der Waals surface area contributed by atoms with Gasteiger partial charge in [0.2, 0.25) is 0 Å². The Balaban J connectivity index is 2.29. The Morgan fingerprint density at radius 2 is 2.26 bits per heavy atom. The van der Waals surface area contributed by atoms with E-state index in [1.807, 2.05) is 18.8 Å². The number of hydrogen-bond acceptors (Lipinski definition) is 3. The zero-order chi connectivity index (χ0) is 14.0. The van der Waals surface area contributed by atoms with Crippen molar-refractivity contribution < 1.29 is 5.11 Å². The van der Waals surface area contributed by atoms with Crippen molar-refractivity contribution in [1.82, 2.24) is 14.7 Å². The van der Waals surface area contributed by atoms with Gasteiger partial charge in [-0.15, -0.1) is 0 Å². The molecule has 1 N–H and O–H groups in total. The topological polar surface area (TPSA) is 41.3 Å². The molecule has 0 aliphatic heterocycles. The lowest BCUT2D eigenvalue weighted by Crippen LogP contribution is -2.39. The average Bonchev–Trinajstić information content (AvgIpc) is 2.72. The van der Waals surface area contributed by atoms with E-state index in [4.69, 9.17) is 11.6 Å². The van der Waals surface area contributed by atoms with Crippen molar-refractivity contribution in [2.24, 2.45) is 5.92 Å². The van der Waals surface area contributed by atoms with Gasteiger partial charge in [-0.05, 0) is 32.9 Å². The molecule has 1 aliphatic carbocycles. The second-order valence-corrected chi connectivity index (χ2v) is 6.35. The summed E-state index contributed by atoms with van der Waals surface area (Å²) in [7, 11) is 4.06. The molecule has 0 saturated heterocycles. The molecule has 4 nitrogen and oxygen atoms in total. The van der Waals surface area contributed by atoms with Gasteiger partial charge < -0.3 is 10.0 Å². The van der Waals surface area contributed by atoms with Crippen molar-refractivity contribution in [3.63, 3.8) is 0 Å². The molecular formula is C14H24ClN3O. The molecular weight excluding hydrogens is 262 g/mol. The van der Waals surface area contributed by atoms with E-state index < -0.39 is 5.60 Å². The third kappa shape index (κ3) is 2.96. The van der Waals surface area contributed by atoms with E-state index in [9.17, 15) is 5.11 Å². The van der Waals surface area contributed by atoms with Gasteiger partial charge in [0.05, 0.1) is 23.5 Å². The third-order valence-electron chi connectivity index (χ3n) is 4.22. The summed E-state index contributed by atoms with van der Waals surface area (Å²) in [6.45, 7) is 3.75. The third-order valence-corrected chi connectivity index (χ3v) is 4.50. The van der Waals surface area contributed by atoms with Gasteiger partial charge in [-0.3, -0.25) is 4.68 Å². The predicted molar refractivity (Wildman–Crippen MR) is 77.3 cm³/mol. The Bertz CT molecular complexity index is 432. The van der Waals surface area contributed by atoms with E-state index in [2.05, 4.69) is 16.9 Å². The summed E-state index contributed by atoms with van der Waals surface area (Å²) in [5.74, 6) is 0.230. The molecule has 1 aromatic heterocycles. The highest BCUT2D eigenvalue weighted by Gasteiger charge is 2.41. The maximum Gasteiger partial charge on any atom is 0.110 e. The standard InChI is InChI=1S/C14H24ClN3O/c1-11-6-4-5-7-14(11,19)13-12(15)10-16-18(13)9-8-17(2)3/h10-11,19H,4-9H2,1-3H3. The Hall–Kier alpha value is -0.580. The first-order valence-electron chi connectivity index (χ1n) is 7.04. The van der Waals surface area contributed by atoms with E-state index in [0.29, 0.717) is 5.02 Å². The van der Waals surface area contributed by atoms with Gasteiger partial charge in [0.1, 0.15) is 5.60 Å². The summed E-state index contributed by atoms with van der Waals surface area (Å²) in [6, 6.07) is 0. The largest absolute Gasteiger partial charge is 0.383 e. The van der Waals surface area contributed by atoms with Crippen LogP contribution in [0.5, 0.6) is 0 Å². The highest BCUT2D eigenvalue weighted by molar-refractivity contribution is 6.31. The Kier molecular flexibility index (Phi) is 4.54. The van der Waals surface area contributed by atoms with Crippen LogP contribution in [0.25, 0.3) is 0 Å². The van der Waals surface area contributed by atoms with Crippen molar-refractivity contribution in [3.8, 4) is 0 Å². The molecule has 2 unspecified atom stereocenters. The molecule has 0 aromatic carbocycles. The van der Waals surface area contributed by atoms with Gasteiger partial charge in [0, 0.05) is 6.54 Å². The smallest absolute Gasteiger partial charge is 0.110 e.